The van der Waals surface area contributed by atoms with E-state index in [0.29, 0.717) is 17.9 Å². The van der Waals surface area contributed by atoms with Crippen molar-refractivity contribution in [1.82, 2.24) is 4.98 Å². The minimum atomic E-state index is -0.479. The Labute approximate surface area is 111 Å². The quantitative estimate of drug-likeness (QED) is 0.810. The molecule has 0 fully saturated rings. The Morgan fingerprint density at radius 2 is 1.95 bits per heavy atom. The fraction of sp³-hybridized carbons (Fsp3) is 0.143. The van der Waals surface area contributed by atoms with Gasteiger partial charge in [0, 0.05) is 25.5 Å². The fourth-order valence-electron chi connectivity index (χ4n) is 1.87. The average molecular weight is 256 g/mol. The van der Waals surface area contributed by atoms with Gasteiger partial charge in [-0.1, -0.05) is 12.1 Å². The molecule has 0 spiro atoms. The van der Waals surface area contributed by atoms with Crippen LogP contribution in [0.3, 0.4) is 0 Å². The molecule has 1 amide bonds. The highest BCUT2D eigenvalue weighted by atomic mass is 16.1. The lowest BCUT2D eigenvalue weighted by molar-refractivity contribution is 0.100. The fourth-order valence-corrected chi connectivity index (χ4v) is 1.87. The molecule has 0 aliphatic carbocycles. The number of anilines is 2. The van der Waals surface area contributed by atoms with E-state index in [9.17, 15) is 4.79 Å². The van der Waals surface area contributed by atoms with E-state index in [1.165, 1.54) is 0 Å². The number of carbonyl (C=O) groups excluding carboxylic acids is 1. The van der Waals surface area contributed by atoms with Gasteiger partial charge < -0.3 is 16.4 Å². The van der Waals surface area contributed by atoms with E-state index in [2.05, 4.69) is 4.98 Å². The first-order valence-electron chi connectivity index (χ1n) is 5.88. The summed E-state index contributed by atoms with van der Waals surface area (Å²) in [6, 6.07) is 10.9. The summed E-state index contributed by atoms with van der Waals surface area (Å²) in [4.78, 5) is 17.5. The minimum absolute atomic E-state index is 0.417. The normalized spacial score (nSPS) is 10.2. The third kappa shape index (κ3) is 3.01. The average Bonchev–Trinajstić information content (AvgIpc) is 2.41. The minimum Gasteiger partial charge on any atom is -0.399 e. The van der Waals surface area contributed by atoms with Gasteiger partial charge in [0.25, 0.3) is 5.91 Å². The number of pyridine rings is 1. The number of rotatable bonds is 4. The Morgan fingerprint density at radius 1 is 1.26 bits per heavy atom. The first kappa shape index (κ1) is 12.9. The van der Waals surface area contributed by atoms with Gasteiger partial charge in [0.1, 0.15) is 5.82 Å². The number of nitrogens with zero attached hydrogens (tertiary/aromatic N) is 2. The lowest BCUT2D eigenvalue weighted by Gasteiger charge is -2.20. The first-order valence-corrected chi connectivity index (χ1v) is 5.88. The van der Waals surface area contributed by atoms with Gasteiger partial charge in [0.15, 0.2) is 0 Å². The zero-order valence-corrected chi connectivity index (χ0v) is 10.7. The highest BCUT2D eigenvalue weighted by Crippen LogP contribution is 2.18. The standard InChI is InChI=1S/C14H16N4O/c1-18(9-10-4-6-11(15)7-5-10)14-12(13(16)19)3-2-8-17-14/h2-8H,9,15H2,1H3,(H2,16,19). The van der Waals surface area contributed by atoms with Gasteiger partial charge >= 0.3 is 0 Å². The number of nitrogen functional groups attached to an aromatic ring is 1. The van der Waals surface area contributed by atoms with Crippen LogP contribution in [0.4, 0.5) is 11.5 Å². The molecule has 1 heterocycles. The molecule has 0 radical (unpaired) electrons. The van der Waals surface area contributed by atoms with E-state index in [1.54, 1.807) is 18.3 Å². The van der Waals surface area contributed by atoms with Crippen molar-refractivity contribution < 1.29 is 4.79 Å². The predicted molar refractivity (Wildman–Crippen MR) is 75.7 cm³/mol. The number of nitrogens with two attached hydrogens (primary N) is 2. The van der Waals surface area contributed by atoms with Crippen molar-refractivity contribution in [3.63, 3.8) is 0 Å². The summed E-state index contributed by atoms with van der Waals surface area (Å²) in [6.07, 6.45) is 1.64. The van der Waals surface area contributed by atoms with Crippen LogP contribution in [0.2, 0.25) is 0 Å². The predicted octanol–water partition coefficient (Wildman–Crippen LogP) is 1.40. The molecule has 0 bridgehead atoms. The Balaban J connectivity index is 2.22. The van der Waals surface area contributed by atoms with E-state index < -0.39 is 5.91 Å². The molecular weight excluding hydrogens is 240 g/mol. The van der Waals surface area contributed by atoms with E-state index in [1.807, 2.05) is 36.2 Å². The molecule has 0 saturated carbocycles. The molecule has 0 saturated heterocycles. The maximum absolute atomic E-state index is 11.4. The Bertz CT molecular complexity index is 580. The summed E-state index contributed by atoms with van der Waals surface area (Å²) in [5.41, 5.74) is 13.2. The highest BCUT2D eigenvalue weighted by molar-refractivity contribution is 5.97. The van der Waals surface area contributed by atoms with Gasteiger partial charge in [-0.3, -0.25) is 4.79 Å². The Morgan fingerprint density at radius 3 is 2.58 bits per heavy atom. The second-order valence-electron chi connectivity index (χ2n) is 4.34. The molecule has 5 nitrogen and oxygen atoms in total. The number of benzene rings is 1. The molecule has 1 aromatic carbocycles. The molecular formula is C14H16N4O. The molecule has 19 heavy (non-hydrogen) atoms. The van der Waals surface area contributed by atoms with Gasteiger partial charge in [0.2, 0.25) is 0 Å². The van der Waals surface area contributed by atoms with Gasteiger partial charge in [0.05, 0.1) is 5.56 Å². The molecule has 2 aromatic rings. The molecule has 4 N–H and O–H groups in total. The van der Waals surface area contributed by atoms with Gasteiger partial charge in [-0.05, 0) is 29.8 Å². The second kappa shape index (κ2) is 5.39. The lowest BCUT2D eigenvalue weighted by Crippen LogP contribution is -2.23. The molecule has 2 rings (SSSR count). The van der Waals surface area contributed by atoms with E-state index >= 15 is 0 Å². The molecule has 0 unspecified atom stereocenters. The smallest absolute Gasteiger partial charge is 0.252 e. The van der Waals surface area contributed by atoms with Crippen LogP contribution in [0.5, 0.6) is 0 Å². The zero-order chi connectivity index (χ0) is 13.8. The van der Waals surface area contributed by atoms with Crippen LogP contribution in [0.15, 0.2) is 42.6 Å². The van der Waals surface area contributed by atoms with Crippen molar-refractivity contribution in [2.24, 2.45) is 5.73 Å². The van der Waals surface area contributed by atoms with Gasteiger partial charge in [-0.15, -0.1) is 0 Å². The summed E-state index contributed by atoms with van der Waals surface area (Å²) < 4.78 is 0. The van der Waals surface area contributed by atoms with Crippen molar-refractivity contribution in [1.29, 1.82) is 0 Å². The molecule has 1 aromatic heterocycles. The van der Waals surface area contributed by atoms with Crippen LogP contribution in [-0.4, -0.2) is 17.9 Å². The molecule has 0 aliphatic rings. The summed E-state index contributed by atoms with van der Waals surface area (Å²) >= 11 is 0. The van der Waals surface area contributed by atoms with Crippen LogP contribution >= 0.6 is 0 Å². The van der Waals surface area contributed by atoms with Crippen molar-refractivity contribution in [2.75, 3.05) is 17.7 Å². The van der Waals surface area contributed by atoms with Crippen molar-refractivity contribution in [3.05, 3.63) is 53.7 Å². The number of primary amides is 1. The Hall–Kier alpha value is -2.56. The number of carbonyl (C=O) groups is 1. The van der Waals surface area contributed by atoms with E-state index in [4.69, 9.17) is 11.5 Å². The Kier molecular flexibility index (Phi) is 3.66. The maximum atomic E-state index is 11.4. The molecule has 0 atom stereocenters. The third-order valence-electron chi connectivity index (χ3n) is 2.81. The van der Waals surface area contributed by atoms with Gasteiger partial charge in [-0.25, -0.2) is 4.98 Å². The number of aromatic nitrogens is 1. The van der Waals surface area contributed by atoms with E-state index in [-0.39, 0.29) is 0 Å². The summed E-state index contributed by atoms with van der Waals surface area (Å²) in [7, 11) is 1.87. The number of amides is 1. The van der Waals surface area contributed by atoms with Crippen LogP contribution in [0, 0.1) is 0 Å². The monoisotopic (exact) mass is 256 g/mol. The van der Waals surface area contributed by atoms with Crippen molar-refractivity contribution >= 4 is 17.4 Å². The van der Waals surface area contributed by atoms with Crippen molar-refractivity contribution in [2.45, 2.75) is 6.54 Å². The molecule has 0 aliphatic heterocycles. The summed E-state index contributed by atoms with van der Waals surface area (Å²) in [5, 5.41) is 0. The zero-order valence-electron chi connectivity index (χ0n) is 10.7. The first-order chi connectivity index (χ1) is 9.08. The lowest BCUT2D eigenvalue weighted by atomic mass is 10.2. The topological polar surface area (TPSA) is 85.2 Å². The largest absolute Gasteiger partial charge is 0.399 e. The van der Waals surface area contributed by atoms with Crippen LogP contribution in [0.25, 0.3) is 0 Å². The van der Waals surface area contributed by atoms with E-state index in [0.717, 1.165) is 11.3 Å². The number of hydrogen-bond donors (Lipinski definition) is 2. The van der Waals surface area contributed by atoms with Crippen molar-refractivity contribution in [3.8, 4) is 0 Å². The number of hydrogen-bond acceptors (Lipinski definition) is 4. The summed E-state index contributed by atoms with van der Waals surface area (Å²) in [6.45, 7) is 0.623. The summed E-state index contributed by atoms with van der Waals surface area (Å²) in [5.74, 6) is 0.0964. The second-order valence-corrected chi connectivity index (χ2v) is 4.34. The van der Waals surface area contributed by atoms with Crippen LogP contribution in [-0.2, 0) is 6.54 Å². The highest BCUT2D eigenvalue weighted by Gasteiger charge is 2.12. The molecule has 5 heteroatoms. The third-order valence-corrected chi connectivity index (χ3v) is 2.81. The molecule has 98 valence electrons. The SMILES string of the molecule is CN(Cc1ccc(N)cc1)c1ncccc1C(N)=O. The maximum Gasteiger partial charge on any atom is 0.252 e. The van der Waals surface area contributed by atoms with Crippen LogP contribution in [0.1, 0.15) is 15.9 Å². The van der Waals surface area contributed by atoms with Crippen LogP contribution < -0.4 is 16.4 Å². The van der Waals surface area contributed by atoms with Gasteiger partial charge in [-0.2, -0.15) is 0 Å².